The van der Waals surface area contributed by atoms with E-state index in [9.17, 15) is 22.0 Å². The van der Waals surface area contributed by atoms with Gasteiger partial charge < -0.3 is 15.4 Å². The van der Waals surface area contributed by atoms with Gasteiger partial charge in [-0.3, -0.25) is 4.79 Å². The van der Waals surface area contributed by atoms with Crippen LogP contribution < -0.4 is 15.4 Å². The number of ether oxygens (including phenoxy) is 1. The normalized spacial score (nSPS) is 17.2. The van der Waals surface area contributed by atoms with Gasteiger partial charge in [-0.1, -0.05) is 13.0 Å². The summed E-state index contributed by atoms with van der Waals surface area (Å²) in [5.41, 5.74) is 5.18. The van der Waals surface area contributed by atoms with Gasteiger partial charge in [-0.25, -0.2) is 27.2 Å². The van der Waals surface area contributed by atoms with Crippen LogP contribution in [0.2, 0.25) is 0 Å². The van der Waals surface area contributed by atoms with Gasteiger partial charge in [0.05, 0.1) is 4.90 Å². The van der Waals surface area contributed by atoms with Crippen molar-refractivity contribution in [1.29, 1.82) is 0 Å². The number of primary amides is 1. The van der Waals surface area contributed by atoms with E-state index in [1.807, 2.05) is 18.7 Å². The number of nitrogens with two attached hydrogens (primary N) is 1. The summed E-state index contributed by atoms with van der Waals surface area (Å²) in [4.78, 5) is 22.5. The van der Waals surface area contributed by atoms with Crippen molar-refractivity contribution in [3.05, 3.63) is 71.4 Å². The lowest BCUT2D eigenvalue weighted by Crippen LogP contribution is -2.40. The third kappa shape index (κ3) is 4.88. The SMILES string of the molecule is CC1CN(c2nccc(S(=O)(=O)c3cccc(OCc4ccc(F)cc4F)n3)c2C(N)=O)C(C)(C)C1. The average molecular weight is 517 g/mol. The molecule has 3 heterocycles. The molecular formula is C25H26F2N4O4S. The van der Waals surface area contributed by atoms with Crippen molar-refractivity contribution in [3.63, 3.8) is 0 Å². The fourth-order valence-corrected chi connectivity index (χ4v) is 5.98. The number of halogens is 2. The van der Waals surface area contributed by atoms with Crippen molar-refractivity contribution in [1.82, 2.24) is 9.97 Å². The predicted molar refractivity (Wildman–Crippen MR) is 128 cm³/mol. The minimum absolute atomic E-state index is 0.0729. The Morgan fingerprint density at radius 3 is 2.61 bits per heavy atom. The fraction of sp³-hybridized carbons (Fsp3) is 0.320. The maximum atomic E-state index is 13.9. The smallest absolute Gasteiger partial charge is 0.253 e. The van der Waals surface area contributed by atoms with Gasteiger partial charge in [-0.05, 0) is 50.5 Å². The molecule has 0 saturated carbocycles. The number of anilines is 1. The second-order valence-electron chi connectivity index (χ2n) is 9.45. The second kappa shape index (κ2) is 9.45. The predicted octanol–water partition coefficient (Wildman–Crippen LogP) is 3.89. The van der Waals surface area contributed by atoms with Gasteiger partial charge >= 0.3 is 0 Å². The Balaban J connectivity index is 1.70. The lowest BCUT2D eigenvalue weighted by Gasteiger charge is -2.33. The van der Waals surface area contributed by atoms with Crippen LogP contribution in [0.25, 0.3) is 0 Å². The number of carbonyl (C=O) groups is 1. The first-order chi connectivity index (χ1) is 16.9. The highest BCUT2D eigenvalue weighted by Gasteiger charge is 2.40. The third-order valence-corrected chi connectivity index (χ3v) is 7.82. The van der Waals surface area contributed by atoms with Crippen molar-refractivity contribution >= 4 is 21.6 Å². The summed E-state index contributed by atoms with van der Waals surface area (Å²) in [5, 5.41) is -0.381. The van der Waals surface area contributed by atoms with Crippen LogP contribution in [0.1, 0.15) is 43.1 Å². The van der Waals surface area contributed by atoms with Crippen LogP contribution in [0.3, 0.4) is 0 Å². The quantitative estimate of drug-likeness (QED) is 0.507. The summed E-state index contributed by atoms with van der Waals surface area (Å²) >= 11 is 0. The Bertz CT molecular complexity index is 1430. The van der Waals surface area contributed by atoms with Gasteiger partial charge in [-0.15, -0.1) is 0 Å². The lowest BCUT2D eigenvalue weighted by atomic mass is 9.97. The van der Waals surface area contributed by atoms with Gasteiger partial charge in [0.2, 0.25) is 15.7 Å². The molecule has 190 valence electrons. The maximum Gasteiger partial charge on any atom is 0.253 e. The van der Waals surface area contributed by atoms with E-state index in [-0.39, 0.29) is 44.9 Å². The lowest BCUT2D eigenvalue weighted by molar-refractivity contribution is 0.0997. The molecule has 0 aliphatic carbocycles. The van der Waals surface area contributed by atoms with Crippen LogP contribution in [0.15, 0.2) is 58.6 Å². The molecule has 1 aliphatic heterocycles. The van der Waals surface area contributed by atoms with E-state index in [1.54, 1.807) is 0 Å². The summed E-state index contributed by atoms with van der Waals surface area (Å²) in [7, 11) is -4.32. The summed E-state index contributed by atoms with van der Waals surface area (Å²) in [6.07, 6.45) is 2.16. The number of benzene rings is 1. The van der Waals surface area contributed by atoms with Gasteiger partial charge in [0.15, 0.2) is 5.03 Å². The molecule has 0 bridgehead atoms. The molecule has 0 radical (unpaired) electrons. The molecule has 1 atom stereocenters. The van der Waals surface area contributed by atoms with Gasteiger partial charge in [-0.2, -0.15) is 0 Å². The molecule has 3 aromatic rings. The Morgan fingerprint density at radius 1 is 1.22 bits per heavy atom. The molecule has 2 aromatic heterocycles. The van der Waals surface area contributed by atoms with E-state index in [4.69, 9.17) is 10.5 Å². The molecule has 1 unspecified atom stereocenters. The molecule has 11 heteroatoms. The second-order valence-corrected chi connectivity index (χ2v) is 11.3. The topological polar surface area (TPSA) is 115 Å². The van der Waals surface area contributed by atoms with Gasteiger partial charge in [0, 0.05) is 36.0 Å². The van der Waals surface area contributed by atoms with Crippen molar-refractivity contribution in [3.8, 4) is 5.88 Å². The van der Waals surface area contributed by atoms with E-state index in [0.29, 0.717) is 12.5 Å². The van der Waals surface area contributed by atoms with Crippen LogP contribution in [-0.2, 0) is 16.4 Å². The highest BCUT2D eigenvalue weighted by molar-refractivity contribution is 7.91. The highest BCUT2D eigenvalue weighted by Crippen LogP contribution is 2.39. The van der Waals surface area contributed by atoms with E-state index < -0.39 is 27.4 Å². The van der Waals surface area contributed by atoms with Crippen molar-refractivity contribution in [2.24, 2.45) is 11.7 Å². The number of aromatic nitrogens is 2. The fourth-order valence-electron chi connectivity index (χ4n) is 4.58. The molecule has 0 spiro atoms. The molecule has 2 N–H and O–H groups in total. The largest absolute Gasteiger partial charge is 0.473 e. The first-order valence-corrected chi connectivity index (χ1v) is 12.7. The van der Waals surface area contributed by atoms with Crippen LogP contribution in [0.4, 0.5) is 14.6 Å². The number of nitrogens with zero attached hydrogens (tertiary/aromatic N) is 3. The Morgan fingerprint density at radius 2 is 1.97 bits per heavy atom. The van der Waals surface area contributed by atoms with Crippen LogP contribution >= 0.6 is 0 Å². The zero-order chi connectivity index (χ0) is 26.3. The van der Waals surface area contributed by atoms with E-state index in [0.717, 1.165) is 18.6 Å². The number of sulfone groups is 1. The van der Waals surface area contributed by atoms with Crippen molar-refractivity contribution in [2.75, 3.05) is 11.4 Å². The molecule has 8 nitrogen and oxygen atoms in total. The van der Waals surface area contributed by atoms with E-state index in [2.05, 4.69) is 16.9 Å². The third-order valence-electron chi connectivity index (χ3n) is 6.12. The number of hydrogen-bond donors (Lipinski definition) is 1. The number of hydrogen-bond acceptors (Lipinski definition) is 7. The zero-order valence-corrected chi connectivity index (χ0v) is 20.9. The Labute approximate surface area is 208 Å². The van der Waals surface area contributed by atoms with Crippen molar-refractivity contribution in [2.45, 2.75) is 49.3 Å². The molecule has 4 rings (SSSR count). The molecule has 1 fully saturated rings. The monoisotopic (exact) mass is 516 g/mol. The zero-order valence-electron chi connectivity index (χ0n) is 20.0. The first-order valence-electron chi connectivity index (χ1n) is 11.3. The highest BCUT2D eigenvalue weighted by atomic mass is 32.2. The summed E-state index contributed by atoms with van der Waals surface area (Å²) < 4.78 is 59.7. The molecule has 1 aromatic carbocycles. The Hall–Kier alpha value is -3.60. The Kier molecular flexibility index (Phi) is 6.70. The first kappa shape index (κ1) is 25.5. The summed E-state index contributed by atoms with van der Waals surface area (Å²) in [6.45, 7) is 6.36. The standard InChI is InChI=1S/C25H26F2N4O4S/c1-15-12-25(2,3)31(13-15)24-22(23(28)32)19(9-10-29-24)36(33,34)21-6-4-5-20(30-21)35-14-16-7-8-17(26)11-18(16)27/h4-11,15H,12-14H2,1-3H3,(H2,28,32). The molecule has 1 amide bonds. The van der Waals surface area contributed by atoms with Crippen LogP contribution in [-0.4, -0.2) is 36.4 Å². The average Bonchev–Trinajstić information content (AvgIpc) is 3.09. The number of rotatable bonds is 7. The number of pyridine rings is 2. The van der Waals surface area contributed by atoms with Crippen LogP contribution in [0.5, 0.6) is 5.88 Å². The molecule has 1 saturated heterocycles. The van der Waals surface area contributed by atoms with Gasteiger partial charge in [0.25, 0.3) is 5.91 Å². The molecular weight excluding hydrogens is 490 g/mol. The molecule has 36 heavy (non-hydrogen) atoms. The van der Waals surface area contributed by atoms with E-state index >= 15 is 0 Å². The summed E-state index contributed by atoms with van der Waals surface area (Å²) in [6, 6.07) is 8.33. The summed E-state index contributed by atoms with van der Waals surface area (Å²) in [5.74, 6) is -2.03. The minimum Gasteiger partial charge on any atom is -0.473 e. The number of carbonyl (C=O) groups excluding carboxylic acids is 1. The van der Waals surface area contributed by atoms with Crippen LogP contribution in [0, 0.1) is 17.6 Å². The van der Waals surface area contributed by atoms with Crippen molar-refractivity contribution < 1.29 is 26.7 Å². The molecule has 1 aliphatic rings. The maximum absolute atomic E-state index is 13.9. The van der Waals surface area contributed by atoms with Gasteiger partial charge in [0.1, 0.15) is 29.6 Å². The van der Waals surface area contributed by atoms with E-state index in [1.165, 1.54) is 36.5 Å². The minimum atomic E-state index is -4.32. The number of amides is 1.